The highest BCUT2D eigenvalue weighted by Crippen LogP contribution is 2.37. The minimum atomic E-state index is -0.0804. The van der Waals surface area contributed by atoms with Gasteiger partial charge in [-0.25, -0.2) is 0 Å². The molecule has 0 spiro atoms. The van der Waals surface area contributed by atoms with Gasteiger partial charge in [0.2, 0.25) is 11.8 Å². The molecule has 2 N–H and O–H groups in total. The van der Waals surface area contributed by atoms with Crippen LogP contribution < -0.4 is 15.4 Å². The van der Waals surface area contributed by atoms with Crippen LogP contribution in [0, 0.1) is 11.8 Å². The fraction of sp³-hybridized carbons (Fsp3) is 0.545. The van der Waals surface area contributed by atoms with Crippen LogP contribution in [-0.4, -0.2) is 71.0 Å². The first-order valence-corrected chi connectivity index (χ1v) is 10.8. The van der Waals surface area contributed by atoms with Crippen molar-refractivity contribution in [2.45, 2.75) is 32.4 Å². The normalized spacial score (nSPS) is 24.6. The van der Waals surface area contributed by atoms with E-state index in [0.29, 0.717) is 25.0 Å². The van der Waals surface area contributed by atoms with Crippen molar-refractivity contribution in [3.05, 3.63) is 30.5 Å². The van der Waals surface area contributed by atoms with Gasteiger partial charge in [0.15, 0.2) is 0 Å². The number of methoxy groups -OCH3 is 1. The first-order valence-electron chi connectivity index (χ1n) is 10.8. The van der Waals surface area contributed by atoms with Gasteiger partial charge in [-0.05, 0) is 49.6 Å². The number of fused-ring (bicyclic) bond motifs is 3. The van der Waals surface area contributed by atoms with E-state index in [1.807, 2.05) is 35.1 Å². The van der Waals surface area contributed by atoms with Crippen LogP contribution >= 0.6 is 0 Å². The van der Waals surface area contributed by atoms with Crippen LogP contribution in [0.4, 0.5) is 0 Å². The zero-order valence-corrected chi connectivity index (χ0v) is 18.1. The number of benzene rings is 1. The summed E-state index contributed by atoms with van der Waals surface area (Å²) < 4.78 is 7.12. The lowest BCUT2D eigenvalue weighted by Crippen LogP contribution is -2.58. The molecule has 166 valence electrons. The van der Waals surface area contributed by atoms with Crippen LogP contribution in [0.3, 0.4) is 0 Å². The third kappa shape index (κ3) is 5.04. The van der Waals surface area contributed by atoms with Crippen molar-refractivity contribution in [2.24, 2.45) is 11.8 Å². The number of nitrogens with one attached hydrogen (secondary N) is 2. The molecule has 1 unspecified atom stereocenters. The molecule has 3 saturated heterocycles. The Labute approximate surface area is 182 Å². The van der Waals surface area contributed by atoms with Gasteiger partial charge in [-0.3, -0.25) is 19.2 Å². The van der Waals surface area contributed by atoms with E-state index in [2.05, 4.69) is 25.8 Å². The van der Waals surface area contributed by atoms with Gasteiger partial charge >= 0.3 is 0 Å². The molecule has 31 heavy (non-hydrogen) atoms. The molecule has 5 rings (SSSR count). The summed E-state index contributed by atoms with van der Waals surface area (Å²) in [6.07, 6.45) is 4.02. The van der Waals surface area contributed by atoms with Gasteiger partial charge in [-0.1, -0.05) is 5.21 Å². The fourth-order valence-electron chi connectivity index (χ4n) is 4.68. The zero-order valence-electron chi connectivity index (χ0n) is 18.1. The molecule has 2 aromatic rings. The lowest BCUT2D eigenvalue weighted by molar-refractivity contribution is -0.133. The van der Waals surface area contributed by atoms with Crippen molar-refractivity contribution in [3.63, 3.8) is 0 Å². The Hall–Kier alpha value is -2.94. The number of carbonyl (C=O) groups is 2. The molecule has 4 heterocycles. The molecule has 1 aromatic carbocycles. The highest BCUT2D eigenvalue weighted by Gasteiger charge is 2.43. The third-order valence-corrected chi connectivity index (χ3v) is 6.34. The van der Waals surface area contributed by atoms with Gasteiger partial charge in [0.05, 0.1) is 25.8 Å². The molecule has 1 aromatic heterocycles. The summed E-state index contributed by atoms with van der Waals surface area (Å²) in [7, 11) is 1.65. The van der Waals surface area contributed by atoms with Gasteiger partial charge in [-0.2, -0.15) is 0 Å². The predicted octanol–water partition coefficient (Wildman–Crippen LogP) is 0.916. The first kappa shape index (κ1) is 21.3. The molecule has 0 aliphatic carbocycles. The largest absolute Gasteiger partial charge is 0.497 e. The van der Waals surface area contributed by atoms with Gasteiger partial charge in [0.1, 0.15) is 11.4 Å². The van der Waals surface area contributed by atoms with Crippen LogP contribution in [0.5, 0.6) is 5.75 Å². The fourth-order valence-corrected chi connectivity index (χ4v) is 4.68. The molecule has 2 amide bonds. The topological polar surface area (TPSA) is 101 Å². The quantitative estimate of drug-likeness (QED) is 0.609. The molecule has 9 nitrogen and oxygen atoms in total. The van der Waals surface area contributed by atoms with Crippen LogP contribution in [0.1, 0.15) is 19.8 Å². The van der Waals surface area contributed by atoms with E-state index in [0.717, 1.165) is 49.5 Å². The van der Waals surface area contributed by atoms with Crippen LogP contribution in [0.15, 0.2) is 30.5 Å². The SMILES string of the molecule is COc1ccc(-c2cn(C[C@H]3C[C@H]4CCN3C[C@@H]4C(=O)NCCNC(C)=O)nn2)cc1. The predicted molar refractivity (Wildman–Crippen MR) is 115 cm³/mol. The van der Waals surface area contributed by atoms with Crippen LogP contribution in [0.25, 0.3) is 11.3 Å². The van der Waals surface area contributed by atoms with E-state index < -0.39 is 0 Å². The number of hydrogen-bond acceptors (Lipinski definition) is 6. The average molecular weight is 427 g/mol. The highest BCUT2D eigenvalue weighted by atomic mass is 16.5. The summed E-state index contributed by atoms with van der Waals surface area (Å²) in [6, 6.07) is 8.17. The molecule has 0 saturated carbocycles. The molecule has 3 fully saturated rings. The minimum Gasteiger partial charge on any atom is -0.497 e. The van der Waals surface area contributed by atoms with Gasteiger partial charge in [-0.15, -0.1) is 5.10 Å². The summed E-state index contributed by atoms with van der Waals surface area (Å²) in [4.78, 5) is 26.0. The van der Waals surface area contributed by atoms with E-state index >= 15 is 0 Å². The number of piperidine rings is 3. The van der Waals surface area contributed by atoms with Gasteiger partial charge < -0.3 is 15.4 Å². The van der Waals surface area contributed by atoms with Gasteiger partial charge in [0.25, 0.3) is 0 Å². The smallest absolute Gasteiger partial charge is 0.224 e. The summed E-state index contributed by atoms with van der Waals surface area (Å²) in [5.41, 5.74) is 1.85. The van der Waals surface area contributed by atoms with Crippen molar-refractivity contribution in [3.8, 4) is 17.0 Å². The molecule has 0 radical (unpaired) electrons. The second-order valence-corrected chi connectivity index (χ2v) is 8.37. The summed E-state index contributed by atoms with van der Waals surface area (Å²) >= 11 is 0. The lowest BCUT2D eigenvalue weighted by Gasteiger charge is -2.49. The zero-order chi connectivity index (χ0) is 21.8. The number of amides is 2. The molecule has 9 heteroatoms. The number of ether oxygens (including phenoxy) is 1. The van der Waals surface area contributed by atoms with Crippen molar-refractivity contribution in [2.75, 3.05) is 33.3 Å². The molecule has 2 bridgehead atoms. The van der Waals surface area contributed by atoms with Crippen molar-refractivity contribution in [1.82, 2.24) is 30.5 Å². The highest BCUT2D eigenvalue weighted by molar-refractivity contribution is 5.79. The second kappa shape index (κ2) is 9.47. The number of rotatable bonds is 8. The molecular weight excluding hydrogens is 396 g/mol. The Kier molecular flexibility index (Phi) is 6.50. The molecule has 3 aliphatic rings. The monoisotopic (exact) mass is 426 g/mol. The maximum Gasteiger partial charge on any atom is 0.224 e. The maximum atomic E-state index is 12.6. The average Bonchev–Trinajstić information content (AvgIpc) is 3.25. The second-order valence-electron chi connectivity index (χ2n) is 8.37. The molecule has 3 aliphatic heterocycles. The van der Waals surface area contributed by atoms with Crippen molar-refractivity contribution in [1.29, 1.82) is 0 Å². The summed E-state index contributed by atoms with van der Waals surface area (Å²) in [5, 5.41) is 14.3. The Morgan fingerprint density at radius 2 is 1.97 bits per heavy atom. The van der Waals surface area contributed by atoms with Gasteiger partial charge in [0, 0.05) is 38.2 Å². The number of nitrogens with zero attached hydrogens (tertiary/aromatic N) is 4. The van der Waals surface area contributed by atoms with Crippen molar-refractivity contribution >= 4 is 11.8 Å². The van der Waals surface area contributed by atoms with E-state index in [4.69, 9.17) is 4.74 Å². The number of hydrogen-bond donors (Lipinski definition) is 2. The van der Waals surface area contributed by atoms with E-state index in [-0.39, 0.29) is 17.7 Å². The Bertz CT molecular complexity index is 912. The standard InChI is InChI=1S/C22H30N6O3/c1-15(29)23-8-9-24-22(30)20-13-27-10-7-17(20)11-18(27)12-28-14-21(25-26-28)16-3-5-19(31-2)6-4-16/h3-6,14,17-18,20H,7-13H2,1-2H3,(H,23,29)(H,24,30)/t17-,18-,20+/m1/s1. The summed E-state index contributed by atoms with van der Waals surface area (Å²) in [5.74, 6) is 1.24. The molecular formula is C22H30N6O3. The third-order valence-electron chi connectivity index (χ3n) is 6.34. The minimum absolute atomic E-state index is 0.0212. The maximum absolute atomic E-state index is 12.6. The van der Waals surface area contributed by atoms with Crippen molar-refractivity contribution < 1.29 is 14.3 Å². The Morgan fingerprint density at radius 3 is 2.65 bits per heavy atom. The first-order chi connectivity index (χ1) is 15.0. The lowest BCUT2D eigenvalue weighted by atomic mass is 9.75. The van der Waals surface area contributed by atoms with E-state index in [1.54, 1.807) is 7.11 Å². The number of aromatic nitrogens is 3. The van der Waals surface area contributed by atoms with Crippen LogP contribution in [0.2, 0.25) is 0 Å². The molecule has 4 atom stereocenters. The van der Waals surface area contributed by atoms with E-state index in [1.165, 1.54) is 6.92 Å². The Morgan fingerprint density at radius 1 is 1.19 bits per heavy atom. The number of carbonyl (C=O) groups excluding carboxylic acids is 2. The van der Waals surface area contributed by atoms with E-state index in [9.17, 15) is 9.59 Å². The Balaban J connectivity index is 1.31. The van der Waals surface area contributed by atoms with Crippen LogP contribution in [-0.2, 0) is 16.1 Å². The summed E-state index contributed by atoms with van der Waals surface area (Å²) in [6.45, 7) is 4.99.